The molecule has 1 saturated heterocycles. The molecule has 0 spiro atoms. The Balaban J connectivity index is 1.85. The highest BCUT2D eigenvalue weighted by Crippen LogP contribution is 2.28. The Kier molecular flexibility index (Phi) is 7.25. The first-order valence-electron chi connectivity index (χ1n) is 8.69. The molecular formula is C19H30O2. The highest BCUT2D eigenvalue weighted by Gasteiger charge is 2.23. The molecule has 2 unspecified atom stereocenters. The zero-order chi connectivity index (χ0) is 14.9. The summed E-state index contributed by atoms with van der Waals surface area (Å²) in [4.78, 5) is 0. The Morgan fingerprint density at radius 1 is 1.00 bits per heavy atom. The molecule has 118 valence electrons. The Labute approximate surface area is 129 Å². The third-order valence-corrected chi connectivity index (χ3v) is 4.23. The van der Waals surface area contributed by atoms with Crippen LogP contribution in [0.4, 0.5) is 0 Å². The molecule has 0 N–H and O–H groups in total. The van der Waals surface area contributed by atoms with Gasteiger partial charge in [0.1, 0.15) is 0 Å². The fourth-order valence-electron chi connectivity index (χ4n) is 2.83. The zero-order valence-corrected chi connectivity index (χ0v) is 13.6. The summed E-state index contributed by atoms with van der Waals surface area (Å²) in [6.45, 7) is 5.29. The van der Waals surface area contributed by atoms with Crippen LogP contribution in [0.1, 0.15) is 76.2 Å². The molecule has 0 aromatic heterocycles. The van der Waals surface area contributed by atoms with Gasteiger partial charge in [-0.25, -0.2) is 0 Å². The molecule has 21 heavy (non-hydrogen) atoms. The van der Waals surface area contributed by atoms with Crippen LogP contribution in [0.5, 0.6) is 0 Å². The molecule has 0 amide bonds. The third-order valence-electron chi connectivity index (χ3n) is 4.23. The smallest absolute Gasteiger partial charge is 0.184 e. The van der Waals surface area contributed by atoms with Gasteiger partial charge in [-0.15, -0.1) is 0 Å². The zero-order valence-electron chi connectivity index (χ0n) is 13.6. The monoisotopic (exact) mass is 290 g/mol. The van der Waals surface area contributed by atoms with Crippen molar-refractivity contribution >= 4 is 0 Å². The van der Waals surface area contributed by atoms with E-state index in [0.717, 1.165) is 25.0 Å². The van der Waals surface area contributed by atoms with Crippen LogP contribution >= 0.6 is 0 Å². The SMILES string of the molecule is CCCCCc1ccc(C2OCCC(CCCC)O2)cc1. The summed E-state index contributed by atoms with van der Waals surface area (Å²) < 4.78 is 11.9. The Hall–Kier alpha value is -0.860. The maximum atomic E-state index is 6.09. The summed E-state index contributed by atoms with van der Waals surface area (Å²) in [5, 5.41) is 0. The maximum absolute atomic E-state index is 6.09. The molecule has 1 heterocycles. The van der Waals surface area contributed by atoms with Crippen molar-refractivity contribution < 1.29 is 9.47 Å². The third kappa shape index (κ3) is 5.44. The van der Waals surface area contributed by atoms with Crippen LogP contribution in [0.15, 0.2) is 24.3 Å². The number of benzene rings is 1. The van der Waals surface area contributed by atoms with E-state index in [0.29, 0.717) is 6.10 Å². The van der Waals surface area contributed by atoms with Crippen molar-refractivity contribution in [3.63, 3.8) is 0 Å². The average molecular weight is 290 g/mol. The van der Waals surface area contributed by atoms with Gasteiger partial charge in [0.25, 0.3) is 0 Å². The lowest BCUT2D eigenvalue weighted by Gasteiger charge is -2.30. The molecule has 2 rings (SSSR count). The Morgan fingerprint density at radius 3 is 2.48 bits per heavy atom. The number of aryl methyl sites for hydroxylation is 1. The van der Waals surface area contributed by atoms with Gasteiger partial charge in [0.15, 0.2) is 6.29 Å². The van der Waals surface area contributed by atoms with Gasteiger partial charge in [-0.1, -0.05) is 63.8 Å². The lowest BCUT2D eigenvalue weighted by molar-refractivity contribution is -0.218. The fraction of sp³-hybridized carbons (Fsp3) is 0.684. The number of hydrogen-bond acceptors (Lipinski definition) is 2. The van der Waals surface area contributed by atoms with E-state index in [1.807, 2.05) is 0 Å². The van der Waals surface area contributed by atoms with Crippen molar-refractivity contribution in [1.82, 2.24) is 0 Å². The lowest BCUT2D eigenvalue weighted by atomic mass is 10.0. The van der Waals surface area contributed by atoms with E-state index in [2.05, 4.69) is 38.1 Å². The molecular weight excluding hydrogens is 260 g/mol. The standard InChI is InChI=1S/C19H30O2/c1-3-5-7-8-16-10-12-17(13-11-16)19-20-15-14-18(21-19)9-6-4-2/h10-13,18-19H,3-9,14-15H2,1-2H3. The van der Waals surface area contributed by atoms with E-state index < -0.39 is 0 Å². The highest BCUT2D eigenvalue weighted by molar-refractivity contribution is 5.23. The normalized spacial score (nSPS) is 22.4. The van der Waals surface area contributed by atoms with Gasteiger partial charge in [0.2, 0.25) is 0 Å². The van der Waals surface area contributed by atoms with Gasteiger partial charge in [0.05, 0.1) is 12.7 Å². The summed E-state index contributed by atoms with van der Waals surface area (Å²) in [6.07, 6.45) is 9.93. The molecule has 1 aromatic carbocycles. The van der Waals surface area contributed by atoms with Crippen molar-refractivity contribution in [2.45, 2.75) is 77.6 Å². The predicted octanol–water partition coefficient (Wildman–Crippen LogP) is 5.41. The van der Waals surface area contributed by atoms with Crippen LogP contribution in [0.25, 0.3) is 0 Å². The van der Waals surface area contributed by atoms with Crippen molar-refractivity contribution in [3.8, 4) is 0 Å². The molecule has 1 aliphatic heterocycles. The van der Waals surface area contributed by atoms with Crippen LogP contribution < -0.4 is 0 Å². The maximum Gasteiger partial charge on any atom is 0.184 e. The number of hydrogen-bond donors (Lipinski definition) is 0. The lowest BCUT2D eigenvalue weighted by Crippen LogP contribution is -2.26. The second-order valence-electron chi connectivity index (χ2n) is 6.09. The molecule has 0 bridgehead atoms. The fourth-order valence-corrected chi connectivity index (χ4v) is 2.83. The van der Waals surface area contributed by atoms with Gasteiger partial charge in [-0.2, -0.15) is 0 Å². The van der Waals surface area contributed by atoms with E-state index in [9.17, 15) is 0 Å². The van der Waals surface area contributed by atoms with Crippen molar-refractivity contribution in [2.75, 3.05) is 6.61 Å². The largest absolute Gasteiger partial charge is 0.348 e. The highest BCUT2D eigenvalue weighted by atomic mass is 16.7. The van der Waals surface area contributed by atoms with E-state index in [1.54, 1.807) is 0 Å². The Morgan fingerprint density at radius 2 is 1.76 bits per heavy atom. The number of unbranched alkanes of at least 4 members (excludes halogenated alkanes) is 3. The summed E-state index contributed by atoms with van der Waals surface area (Å²) >= 11 is 0. The van der Waals surface area contributed by atoms with Crippen molar-refractivity contribution in [1.29, 1.82) is 0 Å². The molecule has 1 fully saturated rings. The van der Waals surface area contributed by atoms with E-state index in [4.69, 9.17) is 9.47 Å². The molecule has 1 aliphatic rings. The molecule has 0 saturated carbocycles. The first kappa shape index (κ1) is 16.5. The molecule has 0 aliphatic carbocycles. The quantitative estimate of drug-likeness (QED) is 0.596. The predicted molar refractivity (Wildman–Crippen MR) is 87.4 cm³/mol. The van der Waals surface area contributed by atoms with Crippen LogP contribution in [0.3, 0.4) is 0 Å². The van der Waals surface area contributed by atoms with Gasteiger partial charge in [-0.05, 0) is 31.2 Å². The summed E-state index contributed by atoms with van der Waals surface area (Å²) in [5.41, 5.74) is 2.58. The van der Waals surface area contributed by atoms with Gasteiger partial charge >= 0.3 is 0 Å². The summed E-state index contributed by atoms with van der Waals surface area (Å²) in [6, 6.07) is 8.81. The minimum Gasteiger partial charge on any atom is -0.348 e. The minimum atomic E-state index is -0.162. The molecule has 2 nitrogen and oxygen atoms in total. The first-order chi connectivity index (χ1) is 10.3. The summed E-state index contributed by atoms with van der Waals surface area (Å²) in [5.74, 6) is 0. The molecule has 2 atom stereocenters. The van der Waals surface area contributed by atoms with Gasteiger partial charge in [-0.3, -0.25) is 0 Å². The van der Waals surface area contributed by atoms with Gasteiger partial charge in [0, 0.05) is 5.56 Å². The number of ether oxygens (including phenoxy) is 2. The molecule has 1 aromatic rings. The van der Waals surface area contributed by atoms with Crippen molar-refractivity contribution in [2.24, 2.45) is 0 Å². The molecule has 2 heteroatoms. The van der Waals surface area contributed by atoms with E-state index in [1.165, 1.54) is 44.1 Å². The Bertz CT molecular complexity index is 385. The second-order valence-corrected chi connectivity index (χ2v) is 6.09. The molecule has 0 radical (unpaired) electrons. The average Bonchev–Trinajstić information content (AvgIpc) is 2.54. The van der Waals surface area contributed by atoms with Crippen LogP contribution in [0.2, 0.25) is 0 Å². The number of rotatable bonds is 8. The van der Waals surface area contributed by atoms with E-state index in [-0.39, 0.29) is 6.29 Å². The van der Waals surface area contributed by atoms with Crippen LogP contribution in [0, 0.1) is 0 Å². The van der Waals surface area contributed by atoms with Crippen LogP contribution in [-0.4, -0.2) is 12.7 Å². The van der Waals surface area contributed by atoms with E-state index >= 15 is 0 Å². The minimum absolute atomic E-state index is 0.162. The van der Waals surface area contributed by atoms with Crippen molar-refractivity contribution in [3.05, 3.63) is 35.4 Å². The van der Waals surface area contributed by atoms with Gasteiger partial charge < -0.3 is 9.47 Å². The second kappa shape index (κ2) is 9.22. The van der Waals surface area contributed by atoms with Crippen LogP contribution in [-0.2, 0) is 15.9 Å². The first-order valence-corrected chi connectivity index (χ1v) is 8.69. The topological polar surface area (TPSA) is 18.5 Å². The summed E-state index contributed by atoms with van der Waals surface area (Å²) in [7, 11) is 0.